The summed E-state index contributed by atoms with van der Waals surface area (Å²) in [6.07, 6.45) is 0. The monoisotopic (exact) mass is 375 g/mol. The van der Waals surface area contributed by atoms with Crippen molar-refractivity contribution in [3.63, 3.8) is 0 Å². The molecule has 0 saturated carbocycles. The molecule has 5 nitrogen and oxygen atoms in total. The Kier molecular flexibility index (Phi) is 4.85. The first-order valence-corrected chi connectivity index (χ1v) is 8.95. The van der Waals surface area contributed by atoms with E-state index in [9.17, 15) is 4.39 Å². The van der Waals surface area contributed by atoms with Crippen LogP contribution in [0.4, 0.5) is 4.39 Å². The van der Waals surface area contributed by atoms with E-state index in [1.807, 2.05) is 50.2 Å². The number of hydrogen-bond donors (Lipinski definition) is 0. The Morgan fingerprint density at radius 2 is 1.61 bits per heavy atom. The van der Waals surface area contributed by atoms with E-state index < -0.39 is 0 Å². The summed E-state index contributed by atoms with van der Waals surface area (Å²) in [6, 6.07) is 17.8. The predicted octanol–water partition coefficient (Wildman–Crippen LogP) is 5.31. The van der Waals surface area contributed by atoms with Gasteiger partial charge in [0.05, 0.1) is 17.9 Å². The van der Waals surface area contributed by atoms with Crippen LogP contribution in [0.25, 0.3) is 34.1 Å². The van der Waals surface area contributed by atoms with Gasteiger partial charge in [0.25, 0.3) is 5.89 Å². The molecule has 140 valence electrons. The molecule has 0 saturated heterocycles. The molecule has 0 spiro atoms. The Balaban J connectivity index is 1.71. The quantitative estimate of drug-likeness (QED) is 0.473. The molecule has 2 heterocycles. The van der Waals surface area contributed by atoms with Gasteiger partial charge in [-0.15, -0.1) is 0 Å². The Morgan fingerprint density at radius 3 is 2.32 bits per heavy atom. The Bertz CT molecular complexity index is 1090. The maximum atomic E-state index is 13.1. The molecule has 0 aliphatic rings. The van der Waals surface area contributed by atoms with Crippen molar-refractivity contribution in [3.05, 3.63) is 72.0 Å². The van der Waals surface area contributed by atoms with E-state index >= 15 is 0 Å². The number of aromatic nitrogens is 3. The van der Waals surface area contributed by atoms with E-state index in [0.29, 0.717) is 35.3 Å². The van der Waals surface area contributed by atoms with Crippen molar-refractivity contribution in [1.29, 1.82) is 0 Å². The zero-order chi connectivity index (χ0) is 19.5. The summed E-state index contributed by atoms with van der Waals surface area (Å²) in [7, 11) is 0. The average molecular weight is 375 g/mol. The number of hydrogen-bond acceptors (Lipinski definition) is 5. The Labute approximate surface area is 161 Å². The summed E-state index contributed by atoms with van der Waals surface area (Å²) in [5.74, 6) is 0.788. The molecule has 0 atom stereocenters. The molecule has 4 aromatic rings. The van der Waals surface area contributed by atoms with Gasteiger partial charge < -0.3 is 9.26 Å². The molecule has 0 aliphatic heterocycles. The normalized spacial score (nSPS) is 10.8. The second kappa shape index (κ2) is 7.60. The Hall–Kier alpha value is -3.54. The smallest absolute Gasteiger partial charge is 0.258 e. The Morgan fingerprint density at radius 1 is 0.893 bits per heavy atom. The second-order valence-electron chi connectivity index (χ2n) is 6.28. The summed E-state index contributed by atoms with van der Waals surface area (Å²) in [6.45, 7) is 4.39. The van der Waals surface area contributed by atoms with Crippen molar-refractivity contribution < 1.29 is 13.7 Å². The number of aryl methyl sites for hydroxylation is 1. The lowest BCUT2D eigenvalue weighted by Crippen LogP contribution is -1.99. The second-order valence-corrected chi connectivity index (χ2v) is 6.28. The van der Waals surface area contributed by atoms with Gasteiger partial charge in [0, 0.05) is 11.1 Å². The van der Waals surface area contributed by atoms with Crippen molar-refractivity contribution in [2.24, 2.45) is 0 Å². The molecule has 2 aromatic carbocycles. The number of benzene rings is 2. The highest BCUT2D eigenvalue weighted by molar-refractivity contribution is 5.69. The zero-order valence-electron chi connectivity index (χ0n) is 15.5. The van der Waals surface area contributed by atoms with Gasteiger partial charge in [-0.05, 0) is 50.2 Å². The van der Waals surface area contributed by atoms with E-state index in [-0.39, 0.29) is 5.82 Å². The molecular formula is C22H18FN3O2. The number of halogens is 1. The largest absolute Gasteiger partial charge is 0.477 e. The molecule has 0 amide bonds. The fourth-order valence-electron chi connectivity index (χ4n) is 2.79. The fourth-order valence-corrected chi connectivity index (χ4v) is 2.79. The number of rotatable bonds is 5. The summed E-state index contributed by atoms with van der Waals surface area (Å²) in [5.41, 5.74) is 4.26. The molecular weight excluding hydrogens is 357 g/mol. The molecule has 0 radical (unpaired) electrons. The van der Waals surface area contributed by atoms with Gasteiger partial charge in [-0.3, -0.25) is 0 Å². The highest BCUT2D eigenvalue weighted by Gasteiger charge is 2.17. The first-order chi connectivity index (χ1) is 13.6. The van der Waals surface area contributed by atoms with Crippen LogP contribution in [0.3, 0.4) is 0 Å². The minimum Gasteiger partial charge on any atom is -0.477 e. The number of pyridine rings is 1. The topological polar surface area (TPSA) is 61.0 Å². The van der Waals surface area contributed by atoms with E-state index in [0.717, 1.165) is 11.3 Å². The first kappa shape index (κ1) is 17.9. The van der Waals surface area contributed by atoms with Crippen molar-refractivity contribution >= 4 is 0 Å². The highest BCUT2D eigenvalue weighted by Crippen LogP contribution is 2.31. The molecule has 0 N–H and O–H groups in total. The summed E-state index contributed by atoms with van der Waals surface area (Å²) in [4.78, 5) is 9.06. The summed E-state index contributed by atoms with van der Waals surface area (Å²) in [5, 5.41) is 4.04. The standard InChI is InChI=1S/C22H18FN3O2/c1-3-27-22-18(12-13-19(24-22)15-6-4-14(2)5-7-15)20-25-21(28-26-20)16-8-10-17(23)11-9-16/h4-13H,3H2,1-2H3. The van der Waals surface area contributed by atoms with Crippen molar-refractivity contribution in [3.8, 4) is 40.0 Å². The van der Waals surface area contributed by atoms with Gasteiger partial charge in [0.1, 0.15) is 5.82 Å². The molecule has 0 bridgehead atoms. The minimum absolute atomic E-state index is 0.306. The van der Waals surface area contributed by atoms with E-state index in [2.05, 4.69) is 15.1 Å². The lowest BCUT2D eigenvalue weighted by atomic mass is 10.1. The van der Waals surface area contributed by atoms with Crippen LogP contribution in [0, 0.1) is 12.7 Å². The molecule has 4 rings (SSSR count). The predicted molar refractivity (Wildman–Crippen MR) is 104 cm³/mol. The van der Waals surface area contributed by atoms with Gasteiger partial charge in [-0.2, -0.15) is 4.98 Å². The van der Waals surface area contributed by atoms with Gasteiger partial charge >= 0.3 is 0 Å². The third-order valence-corrected chi connectivity index (χ3v) is 4.25. The fraction of sp³-hybridized carbons (Fsp3) is 0.136. The maximum Gasteiger partial charge on any atom is 0.258 e. The van der Waals surface area contributed by atoms with Crippen LogP contribution < -0.4 is 4.74 Å². The molecule has 2 aromatic heterocycles. The summed E-state index contributed by atoms with van der Waals surface area (Å²) < 4.78 is 24.2. The zero-order valence-corrected chi connectivity index (χ0v) is 15.5. The summed E-state index contributed by atoms with van der Waals surface area (Å²) >= 11 is 0. The van der Waals surface area contributed by atoms with Gasteiger partial charge in [0.2, 0.25) is 11.7 Å². The molecule has 0 unspecified atom stereocenters. The van der Waals surface area contributed by atoms with Crippen LogP contribution in [0.5, 0.6) is 5.88 Å². The van der Waals surface area contributed by atoms with E-state index in [1.165, 1.54) is 17.7 Å². The van der Waals surface area contributed by atoms with Gasteiger partial charge in [0.15, 0.2) is 0 Å². The number of nitrogens with zero attached hydrogens (tertiary/aromatic N) is 3. The van der Waals surface area contributed by atoms with Crippen LogP contribution in [0.2, 0.25) is 0 Å². The first-order valence-electron chi connectivity index (χ1n) is 8.95. The van der Waals surface area contributed by atoms with Crippen LogP contribution in [0.1, 0.15) is 12.5 Å². The van der Waals surface area contributed by atoms with Crippen LogP contribution >= 0.6 is 0 Å². The maximum absolute atomic E-state index is 13.1. The van der Waals surface area contributed by atoms with Crippen LogP contribution in [-0.2, 0) is 0 Å². The van der Waals surface area contributed by atoms with Crippen molar-refractivity contribution in [1.82, 2.24) is 15.1 Å². The van der Waals surface area contributed by atoms with Crippen molar-refractivity contribution in [2.45, 2.75) is 13.8 Å². The lowest BCUT2D eigenvalue weighted by molar-refractivity contribution is 0.328. The molecule has 0 aliphatic carbocycles. The van der Waals surface area contributed by atoms with Gasteiger partial charge in [-0.25, -0.2) is 9.37 Å². The van der Waals surface area contributed by atoms with Crippen LogP contribution in [-0.4, -0.2) is 21.7 Å². The average Bonchev–Trinajstić information content (AvgIpc) is 3.19. The number of ether oxygens (including phenoxy) is 1. The minimum atomic E-state index is -0.321. The highest BCUT2D eigenvalue weighted by atomic mass is 19.1. The van der Waals surface area contributed by atoms with Gasteiger partial charge in [-0.1, -0.05) is 35.0 Å². The third kappa shape index (κ3) is 3.62. The molecule has 6 heteroatoms. The lowest BCUT2D eigenvalue weighted by Gasteiger charge is -2.09. The molecule has 0 fully saturated rings. The van der Waals surface area contributed by atoms with Crippen molar-refractivity contribution in [2.75, 3.05) is 6.61 Å². The van der Waals surface area contributed by atoms with E-state index in [4.69, 9.17) is 9.26 Å². The van der Waals surface area contributed by atoms with Crippen LogP contribution in [0.15, 0.2) is 65.2 Å². The van der Waals surface area contributed by atoms with E-state index in [1.54, 1.807) is 12.1 Å². The molecule has 28 heavy (non-hydrogen) atoms. The third-order valence-electron chi connectivity index (χ3n) is 4.25. The SMILES string of the molecule is CCOc1nc(-c2ccc(C)cc2)ccc1-c1noc(-c2ccc(F)cc2)n1.